The predicted octanol–water partition coefficient (Wildman–Crippen LogP) is -0.804. The van der Waals surface area contributed by atoms with Gasteiger partial charge in [-0.3, -0.25) is 0 Å². The van der Waals surface area contributed by atoms with Crippen molar-refractivity contribution in [3.63, 3.8) is 0 Å². The maximum atomic E-state index is 13.1. The van der Waals surface area contributed by atoms with Gasteiger partial charge in [0, 0.05) is 5.39 Å². The summed E-state index contributed by atoms with van der Waals surface area (Å²) in [6.45, 7) is 0. The van der Waals surface area contributed by atoms with Crippen LogP contribution in [0.1, 0.15) is 0 Å². The van der Waals surface area contributed by atoms with E-state index >= 15 is 0 Å². The Balaban J connectivity index is 0.000000980. The van der Waals surface area contributed by atoms with Gasteiger partial charge in [-0.25, -0.2) is 8.78 Å². The van der Waals surface area contributed by atoms with E-state index in [0.717, 1.165) is 12.1 Å². The van der Waals surface area contributed by atoms with E-state index in [1.54, 1.807) is 0 Å². The SMILES string of the molecule is [Na+].[O-]c1ccc2ccc(F)c(F)c2c1. The normalized spacial score (nSPS) is 9.86. The fourth-order valence-electron chi connectivity index (χ4n) is 1.24. The van der Waals surface area contributed by atoms with Gasteiger partial charge in [-0.05, 0) is 11.5 Å². The summed E-state index contributed by atoms with van der Waals surface area (Å²) in [5, 5.41) is 11.4. The molecule has 0 bridgehead atoms. The number of hydrogen-bond donors (Lipinski definition) is 0. The molecule has 0 amide bonds. The second-order valence-corrected chi connectivity index (χ2v) is 2.74. The van der Waals surface area contributed by atoms with Gasteiger partial charge >= 0.3 is 29.6 Å². The minimum Gasteiger partial charge on any atom is -0.872 e. The van der Waals surface area contributed by atoms with Crippen LogP contribution in [0.25, 0.3) is 10.8 Å². The Labute approximate surface area is 102 Å². The topological polar surface area (TPSA) is 23.1 Å². The van der Waals surface area contributed by atoms with Crippen molar-refractivity contribution in [2.75, 3.05) is 0 Å². The van der Waals surface area contributed by atoms with E-state index in [0.29, 0.717) is 5.39 Å². The first-order valence-electron chi connectivity index (χ1n) is 3.73. The zero-order valence-electron chi connectivity index (χ0n) is 7.55. The first-order chi connectivity index (χ1) is 6.18. The molecule has 1 nitrogen and oxygen atoms in total. The van der Waals surface area contributed by atoms with E-state index in [-0.39, 0.29) is 40.7 Å². The quantitative estimate of drug-likeness (QED) is 0.513. The van der Waals surface area contributed by atoms with Gasteiger partial charge in [0.2, 0.25) is 0 Å². The molecule has 0 heterocycles. The fraction of sp³-hybridized carbons (Fsp3) is 0. The smallest absolute Gasteiger partial charge is 0.872 e. The van der Waals surface area contributed by atoms with Gasteiger partial charge in [0.1, 0.15) is 0 Å². The van der Waals surface area contributed by atoms with Crippen molar-refractivity contribution < 1.29 is 43.4 Å². The molecular weight excluding hydrogens is 197 g/mol. The van der Waals surface area contributed by atoms with Gasteiger partial charge in [-0.2, -0.15) is 0 Å². The Morgan fingerprint density at radius 1 is 1.00 bits per heavy atom. The molecule has 0 radical (unpaired) electrons. The number of fused-ring (bicyclic) bond motifs is 1. The summed E-state index contributed by atoms with van der Waals surface area (Å²) in [5.74, 6) is -2.22. The first-order valence-corrected chi connectivity index (χ1v) is 3.73. The summed E-state index contributed by atoms with van der Waals surface area (Å²) in [5.41, 5.74) is 0. The molecule has 0 aliphatic heterocycles. The zero-order valence-corrected chi connectivity index (χ0v) is 9.55. The Hall–Kier alpha value is -0.640. The molecule has 0 aliphatic rings. The summed E-state index contributed by atoms with van der Waals surface area (Å²) in [6, 6.07) is 6.36. The van der Waals surface area contributed by atoms with Crippen LogP contribution < -0.4 is 34.7 Å². The molecule has 2 aromatic rings. The molecule has 0 saturated heterocycles. The minimum atomic E-state index is -0.963. The summed E-state index contributed by atoms with van der Waals surface area (Å²) in [6.07, 6.45) is 0. The maximum Gasteiger partial charge on any atom is 1.00 e. The molecule has 0 saturated carbocycles. The van der Waals surface area contributed by atoms with Crippen LogP contribution in [0.5, 0.6) is 5.75 Å². The molecule has 2 aromatic carbocycles. The Kier molecular flexibility index (Phi) is 3.48. The van der Waals surface area contributed by atoms with Crippen LogP contribution in [0.4, 0.5) is 8.78 Å². The second-order valence-electron chi connectivity index (χ2n) is 2.74. The Morgan fingerprint density at radius 3 is 2.36 bits per heavy atom. The Morgan fingerprint density at radius 2 is 1.64 bits per heavy atom. The van der Waals surface area contributed by atoms with Crippen LogP contribution in [0.15, 0.2) is 30.3 Å². The predicted molar refractivity (Wildman–Crippen MR) is 43.3 cm³/mol. The van der Waals surface area contributed by atoms with Crippen molar-refractivity contribution in [2.24, 2.45) is 0 Å². The van der Waals surface area contributed by atoms with E-state index in [1.165, 1.54) is 18.2 Å². The molecule has 0 aromatic heterocycles. The van der Waals surface area contributed by atoms with Crippen LogP contribution in [0, 0.1) is 11.6 Å². The largest absolute Gasteiger partial charge is 1.00 e. The molecule has 0 spiro atoms. The summed E-state index contributed by atoms with van der Waals surface area (Å²) < 4.78 is 25.8. The van der Waals surface area contributed by atoms with Crippen molar-refractivity contribution in [3.8, 4) is 5.75 Å². The van der Waals surface area contributed by atoms with E-state index < -0.39 is 11.6 Å². The van der Waals surface area contributed by atoms with E-state index in [2.05, 4.69) is 0 Å². The van der Waals surface area contributed by atoms with Crippen LogP contribution in [-0.4, -0.2) is 0 Å². The van der Waals surface area contributed by atoms with Crippen molar-refractivity contribution >= 4 is 10.8 Å². The van der Waals surface area contributed by atoms with Crippen LogP contribution >= 0.6 is 0 Å². The molecule has 0 fully saturated rings. The average molecular weight is 202 g/mol. The van der Waals surface area contributed by atoms with Gasteiger partial charge in [0.25, 0.3) is 0 Å². The van der Waals surface area contributed by atoms with Gasteiger partial charge in [0.15, 0.2) is 11.6 Å². The maximum absolute atomic E-state index is 13.1. The first kappa shape index (κ1) is 11.4. The molecule has 0 aliphatic carbocycles. The number of benzene rings is 2. The van der Waals surface area contributed by atoms with Gasteiger partial charge in [-0.1, -0.05) is 24.3 Å². The fourth-order valence-corrected chi connectivity index (χ4v) is 1.24. The number of hydrogen-bond acceptors (Lipinski definition) is 1. The third-order valence-electron chi connectivity index (χ3n) is 1.88. The molecule has 0 N–H and O–H groups in total. The van der Waals surface area contributed by atoms with Crippen LogP contribution in [0.2, 0.25) is 0 Å². The average Bonchev–Trinajstić information content (AvgIpc) is 2.12. The van der Waals surface area contributed by atoms with Crippen molar-refractivity contribution in [2.45, 2.75) is 0 Å². The third-order valence-corrected chi connectivity index (χ3v) is 1.88. The monoisotopic (exact) mass is 202 g/mol. The molecule has 66 valence electrons. The summed E-state index contributed by atoms with van der Waals surface area (Å²) >= 11 is 0. The van der Waals surface area contributed by atoms with Gasteiger partial charge < -0.3 is 5.11 Å². The summed E-state index contributed by atoms with van der Waals surface area (Å²) in [4.78, 5) is 0. The molecule has 0 unspecified atom stereocenters. The van der Waals surface area contributed by atoms with Crippen molar-refractivity contribution in [1.29, 1.82) is 0 Å². The summed E-state index contributed by atoms with van der Waals surface area (Å²) in [7, 11) is 0. The molecule has 14 heavy (non-hydrogen) atoms. The molecule has 0 atom stereocenters. The van der Waals surface area contributed by atoms with Crippen molar-refractivity contribution in [1.82, 2.24) is 0 Å². The van der Waals surface area contributed by atoms with Crippen molar-refractivity contribution in [3.05, 3.63) is 42.0 Å². The molecular formula is C10H5F2NaO. The van der Waals surface area contributed by atoms with Gasteiger partial charge in [0.05, 0.1) is 0 Å². The molecule has 2 rings (SSSR count). The minimum absolute atomic E-state index is 0. The van der Waals surface area contributed by atoms with Crippen LogP contribution in [-0.2, 0) is 0 Å². The Bertz CT molecular complexity index is 466. The molecule has 4 heteroatoms. The zero-order chi connectivity index (χ0) is 9.42. The second kappa shape index (κ2) is 4.26. The standard InChI is InChI=1S/C10H6F2O.Na/c11-9-4-2-6-1-3-7(13)5-8(6)10(9)12;/h1-5,13H;/q;+1/p-1. The van der Waals surface area contributed by atoms with E-state index in [1.807, 2.05) is 0 Å². The number of rotatable bonds is 0. The number of halogens is 2. The van der Waals surface area contributed by atoms with E-state index in [9.17, 15) is 13.9 Å². The third kappa shape index (κ3) is 1.90. The van der Waals surface area contributed by atoms with Crippen LogP contribution in [0.3, 0.4) is 0 Å². The van der Waals surface area contributed by atoms with E-state index in [4.69, 9.17) is 0 Å². The van der Waals surface area contributed by atoms with Gasteiger partial charge in [-0.15, -0.1) is 5.75 Å².